The lowest BCUT2D eigenvalue weighted by Crippen LogP contribution is -2.39. The highest BCUT2D eigenvalue weighted by Crippen LogP contribution is 2.12. The summed E-state index contributed by atoms with van der Waals surface area (Å²) in [6.07, 6.45) is 8.63. The van der Waals surface area contributed by atoms with Crippen molar-refractivity contribution in [1.82, 2.24) is 4.90 Å². The quantitative estimate of drug-likeness (QED) is 0.610. The van der Waals surface area contributed by atoms with Crippen LogP contribution in [0, 0.1) is 0 Å². The minimum absolute atomic E-state index is 0.510. The highest BCUT2D eigenvalue weighted by Gasteiger charge is 2.16. The molecule has 0 N–H and O–H groups in total. The Morgan fingerprint density at radius 1 is 1.21 bits per heavy atom. The Labute approximate surface area is 88.6 Å². The molecule has 1 aliphatic rings. The van der Waals surface area contributed by atoms with Crippen molar-refractivity contribution in [3.05, 3.63) is 0 Å². The van der Waals surface area contributed by atoms with Crippen molar-refractivity contribution in [3.8, 4) is 0 Å². The van der Waals surface area contributed by atoms with Gasteiger partial charge in [0.2, 0.25) is 0 Å². The van der Waals surface area contributed by atoms with Gasteiger partial charge in [-0.05, 0) is 13.5 Å². The second kappa shape index (κ2) is 7.24. The molecular formula is C12H25NO. The van der Waals surface area contributed by atoms with Crippen molar-refractivity contribution in [2.45, 2.75) is 51.6 Å². The zero-order valence-corrected chi connectivity index (χ0v) is 9.80. The van der Waals surface area contributed by atoms with Crippen LogP contribution in [-0.2, 0) is 4.74 Å². The van der Waals surface area contributed by atoms with Gasteiger partial charge in [0.25, 0.3) is 0 Å². The molecule has 0 spiro atoms. The summed E-state index contributed by atoms with van der Waals surface area (Å²) in [5.74, 6) is 0. The maximum Gasteiger partial charge on any atom is 0.0702 e. The van der Waals surface area contributed by atoms with E-state index in [0.717, 1.165) is 19.7 Å². The normalized spacial score (nSPS) is 24.0. The molecule has 2 nitrogen and oxygen atoms in total. The summed E-state index contributed by atoms with van der Waals surface area (Å²) >= 11 is 0. The predicted octanol–water partition coefficient (Wildman–Crippen LogP) is 2.68. The van der Waals surface area contributed by atoms with E-state index in [1.165, 1.54) is 38.5 Å². The number of morpholine rings is 1. The molecule has 84 valence electrons. The highest BCUT2D eigenvalue weighted by molar-refractivity contribution is 4.68. The van der Waals surface area contributed by atoms with Crippen LogP contribution >= 0.6 is 0 Å². The smallest absolute Gasteiger partial charge is 0.0702 e. The molecular weight excluding hydrogens is 174 g/mol. The average molecular weight is 199 g/mol. The van der Waals surface area contributed by atoms with Gasteiger partial charge in [-0.15, -0.1) is 0 Å². The molecule has 0 aromatic heterocycles. The van der Waals surface area contributed by atoms with Crippen LogP contribution in [0.3, 0.4) is 0 Å². The first-order valence-electron chi connectivity index (χ1n) is 6.13. The third-order valence-corrected chi connectivity index (χ3v) is 2.97. The number of hydrogen-bond acceptors (Lipinski definition) is 2. The number of hydrogen-bond donors (Lipinski definition) is 0. The molecule has 14 heavy (non-hydrogen) atoms. The van der Waals surface area contributed by atoms with E-state index in [9.17, 15) is 0 Å². The van der Waals surface area contributed by atoms with Crippen molar-refractivity contribution in [2.24, 2.45) is 0 Å². The lowest BCUT2D eigenvalue weighted by atomic mass is 10.1. The lowest BCUT2D eigenvalue weighted by Gasteiger charge is -2.30. The van der Waals surface area contributed by atoms with Crippen molar-refractivity contribution < 1.29 is 4.74 Å². The molecule has 0 aromatic carbocycles. The third kappa shape index (κ3) is 4.97. The Kier molecular flexibility index (Phi) is 6.20. The van der Waals surface area contributed by atoms with Gasteiger partial charge in [0.1, 0.15) is 0 Å². The second-order valence-corrected chi connectivity index (χ2v) is 4.46. The van der Waals surface area contributed by atoms with Crippen LogP contribution in [0.4, 0.5) is 0 Å². The van der Waals surface area contributed by atoms with Gasteiger partial charge in [-0.25, -0.2) is 0 Å². The first-order valence-corrected chi connectivity index (χ1v) is 6.13. The molecule has 0 radical (unpaired) electrons. The monoisotopic (exact) mass is 199 g/mol. The molecule has 1 atom stereocenters. The van der Waals surface area contributed by atoms with E-state index in [1.807, 2.05) is 0 Å². The molecule has 0 aliphatic carbocycles. The SMILES string of the molecule is CCCCCCC[C@@H]1CN(C)CCO1. The molecule has 0 bridgehead atoms. The van der Waals surface area contributed by atoms with Gasteiger partial charge in [-0.2, -0.15) is 0 Å². The minimum Gasteiger partial charge on any atom is -0.376 e. The minimum atomic E-state index is 0.510. The fraction of sp³-hybridized carbons (Fsp3) is 1.00. The summed E-state index contributed by atoms with van der Waals surface area (Å²) in [6, 6.07) is 0. The number of likely N-dealkylation sites (N-methyl/N-ethyl adjacent to an activating group) is 1. The van der Waals surface area contributed by atoms with E-state index >= 15 is 0 Å². The third-order valence-electron chi connectivity index (χ3n) is 2.97. The van der Waals surface area contributed by atoms with Gasteiger partial charge >= 0.3 is 0 Å². The lowest BCUT2D eigenvalue weighted by molar-refractivity contribution is -0.0242. The Hall–Kier alpha value is -0.0800. The van der Waals surface area contributed by atoms with Crippen molar-refractivity contribution in [2.75, 3.05) is 26.7 Å². The van der Waals surface area contributed by atoms with E-state index in [4.69, 9.17) is 4.74 Å². The maximum absolute atomic E-state index is 5.71. The summed E-state index contributed by atoms with van der Waals surface area (Å²) in [5, 5.41) is 0. The van der Waals surface area contributed by atoms with E-state index in [0.29, 0.717) is 6.10 Å². The van der Waals surface area contributed by atoms with E-state index in [1.54, 1.807) is 0 Å². The molecule has 1 fully saturated rings. The Morgan fingerprint density at radius 3 is 2.71 bits per heavy atom. The second-order valence-electron chi connectivity index (χ2n) is 4.46. The number of ether oxygens (including phenoxy) is 1. The topological polar surface area (TPSA) is 12.5 Å². The summed E-state index contributed by atoms with van der Waals surface area (Å²) in [4.78, 5) is 2.38. The Balaban J connectivity index is 1.95. The van der Waals surface area contributed by atoms with Crippen LogP contribution in [0.15, 0.2) is 0 Å². The molecule has 2 heteroatoms. The largest absolute Gasteiger partial charge is 0.376 e. The number of rotatable bonds is 6. The first-order chi connectivity index (χ1) is 6.83. The molecule has 1 aliphatic heterocycles. The molecule has 0 unspecified atom stereocenters. The van der Waals surface area contributed by atoms with Gasteiger partial charge in [-0.3, -0.25) is 0 Å². The van der Waals surface area contributed by atoms with Gasteiger partial charge in [-0.1, -0.05) is 39.0 Å². The van der Waals surface area contributed by atoms with E-state index in [2.05, 4.69) is 18.9 Å². The van der Waals surface area contributed by atoms with Crippen LogP contribution in [0.5, 0.6) is 0 Å². The van der Waals surface area contributed by atoms with Crippen molar-refractivity contribution >= 4 is 0 Å². The standard InChI is InChI=1S/C12H25NO/c1-3-4-5-6-7-8-12-11-13(2)9-10-14-12/h12H,3-11H2,1-2H3/t12-/m1/s1. The van der Waals surface area contributed by atoms with Gasteiger partial charge in [0, 0.05) is 13.1 Å². The van der Waals surface area contributed by atoms with Gasteiger partial charge < -0.3 is 9.64 Å². The average Bonchev–Trinajstić information content (AvgIpc) is 2.18. The van der Waals surface area contributed by atoms with Crippen molar-refractivity contribution in [1.29, 1.82) is 0 Å². The van der Waals surface area contributed by atoms with Crippen molar-refractivity contribution in [3.63, 3.8) is 0 Å². The van der Waals surface area contributed by atoms with Crippen LogP contribution < -0.4 is 0 Å². The summed E-state index contributed by atoms with van der Waals surface area (Å²) < 4.78 is 5.71. The number of nitrogens with zero attached hydrogens (tertiary/aromatic N) is 1. The van der Waals surface area contributed by atoms with Crippen LogP contribution in [0.2, 0.25) is 0 Å². The van der Waals surface area contributed by atoms with Gasteiger partial charge in [0.05, 0.1) is 12.7 Å². The fourth-order valence-electron chi connectivity index (χ4n) is 2.02. The van der Waals surface area contributed by atoms with Crippen LogP contribution in [0.1, 0.15) is 45.4 Å². The molecule has 0 amide bonds. The fourth-order valence-corrected chi connectivity index (χ4v) is 2.02. The predicted molar refractivity (Wildman–Crippen MR) is 60.6 cm³/mol. The summed E-state index contributed by atoms with van der Waals surface area (Å²) in [7, 11) is 2.19. The number of unbranched alkanes of at least 4 members (excludes halogenated alkanes) is 4. The molecule has 1 saturated heterocycles. The summed E-state index contributed by atoms with van der Waals surface area (Å²) in [6.45, 7) is 5.43. The molecule has 0 aromatic rings. The Bertz CT molecular complexity index is 138. The molecule has 0 saturated carbocycles. The zero-order chi connectivity index (χ0) is 10.2. The molecule has 1 rings (SSSR count). The zero-order valence-electron chi connectivity index (χ0n) is 9.80. The highest BCUT2D eigenvalue weighted by atomic mass is 16.5. The van der Waals surface area contributed by atoms with Crippen LogP contribution in [0.25, 0.3) is 0 Å². The summed E-state index contributed by atoms with van der Waals surface area (Å²) in [5.41, 5.74) is 0. The van der Waals surface area contributed by atoms with E-state index in [-0.39, 0.29) is 0 Å². The van der Waals surface area contributed by atoms with Crippen LogP contribution in [-0.4, -0.2) is 37.7 Å². The first kappa shape index (κ1) is 12.0. The van der Waals surface area contributed by atoms with Gasteiger partial charge in [0.15, 0.2) is 0 Å². The molecule has 1 heterocycles. The van der Waals surface area contributed by atoms with E-state index < -0.39 is 0 Å². The maximum atomic E-state index is 5.71. The Morgan fingerprint density at radius 2 is 2.00 bits per heavy atom.